The standard InChI is InChI=1S/C9H10N2O6/c12-5(13)3-1-9(2-4(3)6(14)15)7(16)10-8(17)11-9/h3-4H,1-2H2,(H,12,13)(H,14,15)(H2,10,11,16,17)/t3-,4+,9?. The second-order valence-electron chi connectivity index (χ2n) is 4.29. The molecule has 1 spiro atoms. The first kappa shape index (κ1) is 11.4. The van der Waals surface area contributed by atoms with Gasteiger partial charge in [-0.1, -0.05) is 0 Å². The number of hydrogen-bond donors (Lipinski definition) is 4. The highest BCUT2D eigenvalue weighted by Crippen LogP contribution is 2.41. The van der Waals surface area contributed by atoms with E-state index in [-0.39, 0.29) is 12.8 Å². The monoisotopic (exact) mass is 242 g/mol. The van der Waals surface area contributed by atoms with Crippen molar-refractivity contribution in [3.05, 3.63) is 0 Å². The smallest absolute Gasteiger partial charge is 0.322 e. The summed E-state index contributed by atoms with van der Waals surface area (Å²) < 4.78 is 0. The van der Waals surface area contributed by atoms with Gasteiger partial charge in [-0.15, -0.1) is 0 Å². The van der Waals surface area contributed by atoms with E-state index in [1.165, 1.54) is 0 Å². The predicted molar refractivity (Wildman–Crippen MR) is 50.9 cm³/mol. The predicted octanol–water partition coefficient (Wildman–Crippen LogP) is -1.24. The van der Waals surface area contributed by atoms with E-state index >= 15 is 0 Å². The second-order valence-corrected chi connectivity index (χ2v) is 4.29. The van der Waals surface area contributed by atoms with E-state index in [1.807, 2.05) is 5.32 Å². The van der Waals surface area contributed by atoms with Crippen molar-refractivity contribution >= 4 is 23.9 Å². The molecule has 92 valence electrons. The van der Waals surface area contributed by atoms with Crippen LogP contribution in [-0.4, -0.2) is 39.6 Å². The Kier molecular flexibility index (Phi) is 2.30. The molecule has 1 aliphatic carbocycles. The van der Waals surface area contributed by atoms with Gasteiger partial charge in [0.15, 0.2) is 0 Å². The molecule has 4 N–H and O–H groups in total. The zero-order valence-electron chi connectivity index (χ0n) is 8.60. The number of carbonyl (C=O) groups is 4. The Labute approximate surface area is 95.0 Å². The van der Waals surface area contributed by atoms with E-state index in [4.69, 9.17) is 10.2 Å². The van der Waals surface area contributed by atoms with E-state index in [1.54, 1.807) is 0 Å². The van der Waals surface area contributed by atoms with Crippen LogP contribution < -0.4 is 10.6 Å². The van der Waals surface area contributed by atoms with Crippen molar-refractivity contribution in [3.8, 4) is 0 Å². The fourth-order valence-electron chi connectivity index (χ4n) is 2.45. The van der Waals surface area contributed by atoms with Gasteiger partial charge >= 0.3 is 18.0 Å². The summed E-state index contributed by atoms with van der Waals surface area (Å²) in [6, 6.07) is -0.717. The Morgan fingerprint density at radius 2 is 1.59 bits per heavy atom. The quantitative estimate of drug-likeness (QED) is 0.447. The summed E-state index contributed by atoms with van der Waals surface area (Å²) in [5, 5.41) is 22.2. The minimum Gasteiger partial charge on any atom is -0.481 e. The lowest BCUT2D eigenvalue weighted by Gasteiger charge is -2.18. The van der Waals surface area contributed by atoms with Crippen molar-refractivity contribution in [1.29, 1.82) is 0 Å². The molecule has 2 fully saturated rings. The van der Waals surface area contributed by atoms with Crippen LogP contribution in [0.2, 0.25) is 0 Å². The van der Waals surface area contributed by atoms with Gasteiger partial charge in [0.05, 0.1) is 11.8 Å². The minimum absolute atomic E-state index is 0.198. The zero-order valence-corrected chi connectivity index (χ0v) is 8.60. The van der Waals surface area contributed by atoms with Crippen molar-refractivity contribution in [2.24, 2.45) is 11.8 Å². The molecule has 3 atom stereocenters. The third kappa shape index (κ3) is 1.61. The number of carboxylic acids is 2. The summed E-state index contributed by atoms with van der Waals surface area (Å²) in [4.78, 5) is 44.5. The molecule has 8 nitrogen and oxygen atoms in total. The molecule has 8 heteroatoms. The van der Waals surface area contributed by atoms with Crippen LogP contribution in [0.4, 0.5) is 4.79 Å². The maximum atomic E-state index is 11.6. The molecule has 0 radical (unpaired) electrons. The highest BCUT2D eigenvalue weighted by molar-refractivity contribution is 6.08. The summed E-state index contributed by atoms with van der Waals surface area (Å²) in [5.41, 5.74) is -1.39. The lowest BCUT2D eigenvalue weighted by Crippen LogP contribution is -2.44. The van der Waals surface area contributed by atoms with Gasteiger partial charge in [0.2, 0.25) is 0 Å². The molecule has 17 heavy (non-hydrogen) atoms. The molecule has 3 amide bonds. The summed E-state index contributed by atoms with van der Waals surface area (Å²) in [6.45, 7) is 0. The summed E-state index contributed by atoms with van der Waals surface area (Å²) in [5.74, 6) is -5.54. The first-order valence-electron chi connectivity index (χ1n) is 4.95. The SMILES string of the molecule is O=C1NC(=O)C2(C[C@H](C(=O)O)[C@H](C(=O)O)C2)N1. The van der Waals surface area contributed by atoms with Crippen LogP contribution in [0.15, 0.2) is 0 Å². The molecule has 1 saturated heterocycles. The third-order valence-electron chi connectivity index (χ3n) is 3.27. The fraction of sp³-hybridized carbons (Fsp3) is 0.556. The number of carbonyl (C=O) groups excluding carboxylic acids is 2. The minimum atomic E-state index is -1.39. The van der Waals surface area contributed by atoms with Gasteiger partial charge in [0.1, 0.15) is 5.54 Å². The van der Waals surface area contributed by atoms with E-state index in [9.17, 15) is 19.2 Å². The molecule has 1 heterocycles. The average molecular weight is 242 g/mol. The Morgan fingerprint density at radius 1 is 1.12 bits per heavy atom. The van der Waals surface area contributed by atoms with Crippen molar-refractivity contribution in [1.82, 2.24) is 10.6 Å². The Bertz CT molecular complexity index is 409. The third-order valence-corrected chi connectivity index (χ3v) is 3.27. The summed E-state index contributed by atoms with van der Waals surface area (Å²) in [6.07, 6.45) is -0.395. The van der Waals surface area contributed by atoms with Gasteiger partial charge < -0.3 is 15.5 Å². The molecule has 0 aromatic rings. The van der Waals surface area contributed by atoms with Gasteiger partial charge in [0.25, 0.3) is 5.91 Å². The number of imide groups is 1. The van der Waals surface area contributed by atoms with Gasteiger partial charge in [0, 0.05) is 0 Å². The largest absolute Gasteiger partial charge is 0.481 e. The van der Waals surface area contributed by atoms with Crippen molar-refractivity contribution < 1.29 is 29.4 Å². The molecular weight excluding hydrogens is 232 g/mol. The van der Waals surface area contributed by atoms with Crippen LogP contribution in [0.5, 0.6) is 0 Å². The molecule has 0 aromatic heterocycles. The second kappa shape index (κ2) is 3.44. The summed E-state index contributed by atoms with van der Waals surface area (Å²) in [7, 11) is 0. The van der Waals surface area contributed by atoms with E-state index in [2.05, 4.69) is 5.32 Å². The van der Waals surface area contributed by atoms with Crippen molar-refractivity contribution in [2.45, 2.75) is 18.4 Å². The van der Waals surface area contributed by atoms with Crippen LogP contribution in [0.25, 0.3) is 0 Å². The molecule has 0 bridgehead atoms. The van der Waals surface area contributed by atoms with E-state index < -0.39 is 41.3 Å². The highest BCUT2D eigenvalue weighted by Gasteiger charge is 2.58. The number of aliphatic carboxylic acids is 2. The molecule has 2 rings (SSSR count). The number of amides is 3. The molecule has 2 aliphatic rings. The maximum absolute atomic E-state index is 11.6. The Balaban J connectivity index is 2.31. The van der Waals surface area contributed by atoms with Crippen molar-refractivity contribution in [2.75, 3.05) is 0 Å². The lowest BCUT2D eigenvalue weighted by atomic mass is 9.96. The number of hydrogen-bond acceptors (Lipinski definition) is 4. The molecule has 1 aliphatic heterocycles. The van der Waals surface area contributed by atoms with E-state index in [0.29, 0.717) is 0 Å². The number of urea groups is 1. The molecule has 1 saturated carbocycles. The highest BCUT2D eigenvalue weighted by atomic mass is 16.4. The molecule has 1 unspecified atom stereocenters. The first-order valence-corrected chi connectivity index (χ1v) is 4.95. The topological polar surface area (TPSA) is 133 Å². The van der Waals surface area contributed by atoms with Gasteiger partial charge in [-0.3, -0.25) is 19.7 Å². The van der Waals surface area contributed by atoms with Crippen LogP contribution in [0.3, 0.4) is 0 Å². The Morgan fingerprint density at radius 3 is 1.88 bits per heavy atom. The normalized spacial score (nSPS) is 35.8. The number of carboxylic acid groups (broad SMARTS) is 2. The van der Waals surface area contributed by atoms with E-state index in [0.717, 1.165) is 0 Å². The van der Waals surface area contributed by atoms with Crippen LogP contribution >= 0.6 is 0 Å². The maximum Gasteiger partial charge on any atom is 0.322 e. The number of rotatable bonds is 2. The fourth-order valence-corrected chi connectivity index (χ4v) is 2.45. The zero-order chi connectivity index (χ0) is 12.8. The first-order chi connectivity index (χ1) is 7.85. The van der Waals surface area contributed by atoms with Crippen LogP contribution in [-0.2, 0) is 14.4 Å². The van der Waals surface area contributed by atoms with Gasteiger partial charge in [-0.05, 0) is 12.8 Å². The van der Waals surface area contributed by atoms with Crippen molar-refractivity contribution in [3.63, 3.8) is 0 Å². The van der Waals surface area contributed by atoms with Gasteiger partial charge in [-0.2, -0.15) is 0 Å². The van der Waals surface area contributed by atoms with Crippen LogP contribution in [0.1, 0.15) is 12.8 Å². The Hall–Kier alpha value is -2.12. The number of nitrogens with one attached hydrogen (secondary N) is 2. The lowest BCUT2D eigenvalue weighted by molar-refractivity contribution is -0.152. The average Bonchev–Trinajstić information content (AvgIpc) is 2.70. The summed E-state index contributed by atoms with van der Waals surface area (Å²) >= 11 is 0. The van der Waals surface area contributed by atoms with Gasteiger partial charge in [-0.25, -0.2) is 4.79 Å². The van der Waals surface area contributed by atoms with Crippen LogP contribution in [0, 0.1) is 11.8 Å². The molecular formula is C9H10N2O6. The molecule has 0 aromatic carbocycles.